The summed E-state index contributed by atoms with van der Waals surface area (Å²) in [6.07, 6.45) is -3.32. The number of aliphatic hydroxyl groups is 1. The molecule has 3 rings (SSSR count). The van der Waals surface area contributed by atoms with Crippen LogP contribution < -0.4 is 4.74 Å². The molecule has 26 heavy (non-hydrogen) atoms. The van der Waals surface area contributed by atoms with Crippen LogP contribution in [0.2, 0.25) is 5.02 Å². The lowest BCUT2D eigenvalue weighted by atomic mass is 9.80. The molecule has 0 saturated heterocycles. The quantitative estimate of drug-likeness (QED) is 0.856. The minimum Gasteiger partial charge on any atom is -0.483 e. The van der Waals surface area contributed by atoms with Gasteiger partial charge in [-0.15, -0.1) is 0 Å². The Morgan fingerprint density at radius 3 is 2.85 bits per heavy atom. The largest absolute Gasteiger partial charge is 0.483 e. The Bertz CT molecular complexity index is 753. The molecule has 0 radical (unpaired) electrons. The number of carbonyl (C=O) groups is 1. The fourth-order valence-electron chi connectivity index (χ4n) is 3.44. The number of fused-ring (bicyclic) bond motifs is 1. The van der Waals surface area contributed by atoms with Crippen LogP contribution in [0, 0.1) is 12.8 Å². The van der Waals surface area contributed by atoms with Gasteiger partial charge in [0, 0.05) is 10.7 Å². The number of amides is 1. The molecule has 1 aliphatic carbocycles. The molecule has 2 atom stereocenters. The molecule has 1 heterocycles. The van der Waals surface area contributed by atoms with E-state index in [-0.39, 0.29) is 17.1 Å². The first-order valence-corrected chi connectivity index (χ1v) is 8.61. The Hall–Kier alpha value is -1.80. The minimum atomic E-state index is -5.02. The number of halogens is 4. The molecular weight excluding hydrogens is 373 g/mol. The number of rotatable bonds is 3. The van der Waals surface area contributed by atoms with Crippen LogP contribution >= 0.6 is 11.6 Å². The maximum Gasteiger partial charge on any atom is 0.439 e. The van der Waals surface area contributed by atoms with Gasteiger partial charge < -0.3 is 9.84 Å². The topological polar surface area (TPSA) is 62.1 Å². The Labute approximate surface area is 153 Å². The number of hydrazone groups is 1. The van der Waals surface area contributed by atoms with E-state index in [1.807, 2.05) is 0 Å². The summed E-state index contributed by atoms with van der Waals surface area (Å²) in [7, 11) is 0. The van der Waals surface area contributed by atoms with Crippen LogP contribution in [0.5, 0.6) is 5.75 Å². The van der Waals surface area contributed by atoms with E-state index in [0.717, 1.165) is 0 Å². The van der Waals surface area contributed by atoms with Gasteiger partial charge in [0.25, 0.3) is 11.6 Å². The summed E-state index contributed by atoms with van der Waals surface area (Å²) < 4.78 is 46.2. The zero-order valence-corrected chi connectivity index (χ0v) is 14.8. The molecule has 5 nitrogen and oxygen atoms in total. The second-order valence-corrected chi connectivity index (χ2v) is 6.95. The van der Waals surface area contributed by atoms with Crippen LogP contribution in [0.15, 0.2) is 23.3 Å². The zero-order chi connectivity index (χ0) is 19.1. The molecule has 0 spiro atoms. The van der Waals surface area contributed by atoms with Crippen LogP contribution in [0.25, 0.3) is 0 Å². The number of benzene rings is 1. The lowest BCUT2D eigenvalue weighted by Crippen LogP contribution is -2.62. The highest BCUT2D eigenvalue weighted by Crippen LogP contribution is 2.48. The first-order chi connectivity index (χ1) is 12.1. The predicted octanol–water partition coefficient (Wildman–Crippen LogP) is 3.67. The molecular formula is C17H18ClF3N2O3. The first-order valence-electron chi connectivity index (χ1n) is 8.23. The van der Waals surface area contributed by atoms with Crippen LogP contribution in [-0.2, 0) is 4.79 Å². The number of hydrogen-bond acceptors (Lipinski definition) is 4. The summed E-state index contributed by atoms with van der Waals surface area (Å²) in [6.45, 7) is 1.02. The van der Waals surface area contributed by atoms with E-state index in [0.29, 0.717) is 35.6 Å². The van der Waals surface area contributed by atoms with E-state index in [1.165, 1.54) is 6.07 Å². The standard InChI is InChI=1S/C17H18ClF3N2O3/c1-10-8-11(18)6-7-14(10)26-9-15(24)23-16(25,17(19,20)21)12-4-2-3-5-13(12)22-23/h6-8,12,25H,2-5,9H2,1H3/t12-,16+/m0/s1. The van der Waals surface area contributed by atoms with Crippen LogP contribution in [0.3, 0.4) is 0 Å². The van der Waals surface area contributed by atoms with E-state index in [1.54, 1.807) is 19.1 Å². The highest BCUT2D eigenvalue weighted by molar-refractivity contribution is 6.30. The lowest BCUT2D eigenvalue weighted by molar-refractivity contribution is -0.317. The molecule has 1 aromatic carbocycles. The van der Waals surface area contributed by atoms with Crippen molar-refractivity contribution in [2.75, 3.05) is 6.61 Å². The van der Waals surface area contributed by atoms with Gasteiger partial charge in [0.1, 0.15) is 5.75 Å². The van der Waals surface area contributed by atoms with Crippen molar-refractivity contribution in [2.24, 2.45) is 11.0 Å². The first kappa shape index (κ1) is 19.0. The molecule has 0 aromatic heterocycles. The molecule has 1 saturated carbocycles. The van der Waals surface area contributed by atoms with Crippen molar-refractivity contribution in [3.63, 3.8) is 0 Å². The van der Waals surface area contributed by atoms with Crippen LogP contribution in [-0.4, -0.2) is 40.2 Å². The third kappa shape index (κ3) is 3.16. The van der Waals surface area contributed by atoms with Crippen molar-refractivity contribution in [2.45, 2.75) is 44.5 Å². The normalized spacial score (nSPS) is 25.7. The van der Waals surface area contributed by atoms with Crippen molar-refractivity contribution < 1.29 is 27.8 Å². The number of carbonyl (C=O) groups excluding carboxylic acids is 1. The summed E-state index contributed by atoms with van der Waals surface area (Å²) in [4.78, 5) is 12.4. The van der Waals surface area contributed by atoms with Gasteiger partial charge in [0.15, 0.2) is 6.61 Å². The van der Waals surface area contributed by atoms with Gasteiger partial charge >= 0.3 is 6.18 Å². The molecule has 1 aliphatic heterocycles. The van der Waals surface area contributed by atoms with Gasteiger partial charge in [-0.25, -0.2) is 0 Å². The SMILES string of the molecule is Cc1cc(Cl)ccc1OCC(=O)N1N=C2CCCC[C@@H]2[C@@]1(O)C(F)(F)F. The third-order valence-corrected chi connectivity index (χ3v) is 4.99. The fraction of sp³-hybridized carbons (Fsp3) is 0.529. The number of nitrogens with zero attached hydrogens (tertiary/aromatic N) is 2. The van der Waals surface area contributed by atoms with Crippen molar-refractivity contribution in [3.8, 4) is 5.75 Å². The lowest BCUT2D eigenvalue weighted by Gasteiger charge is -2.38. The van der Waals surface area contributed by atoms with Gasteiger partial charge in [-0.05, 0) is 49.9 Å². The Balaban J connectivity index is 1.81. The van der Waals surface area contributed by atoms with Gasteiger partial charge in [-0.3, -0.25) is 4.79 Å². The summed E-state index contributed by atoms with van der Waals surface area (Å²) in [6, 6.07) is 4.68. The average molecular weight is 391 g/mol. The molecule has 1 amide bonds. The Kier molecular flexibility index (Phi) is 4.92. The molecule has 142 valence electrons. The van der Waals surface area contributed by atoms with E-state index in [9.17, 15) is 23.1 Å². The second kappa shape index (κ2) is 6.74. The van der Waals surface area contributed by atoms with Crippen molar-refractivity contribution >= 4 is 23.2 Å². The molecule has 1 aromatic rings. The molecule has 1 fully saturated rings. The van der Waals surface area contributed by atoms with Crippen LogP contribution in [0.4, 0.5) is 13.2 Å². The van der Waals surface area contributed by atoms with E-state index < -0.39 is 30.3 Å². The van der Waals surface area contributed by atoms with Crippen molar-refractivity contribution in [3.05, 3.63) is 28.8 Å². The smallest absolute Gasteiger partial charge is 0.439 e. The van der Waals surface area contributed by atoms with Gasteiger partial charge in [0.2, 0.25) is 0 Å². The highest BCUT2D eigenvalue weighted by Gasteiger charge is 2.68. The maximum atomic E-state index is 13.6. The summed E-state index contributed by atoms with van der Waals surface area (Å²) in [5, 5.41) is 14.9. The molecule has 0 unspecified atom stereocenters. The summed E-state index contributed by atoms with van der Waals surface area (Å²) >= 11 is 5.83. The van der Waals surface area contributed by atoms with Gasteiger partial charge in [-0.1, -0.05) is 18.0 Å². The molecule has 9 heteroatoms. The van der Waals surface area contributed by atoms with Crippen molar-refractivity contribution in [1.29, 1.82) is 0 Å². The van der Waals surface area contributed by atoms with Gasteiger partial charge in [0.05, 0.1) is 5.92 Å². The Morgan fingerprint density at radius 1 is 1.46 bits per heavy atom. The van der Waals surface area contributed by atoms with E-state index >= 15 is 0 Å². The number of hydrogen-bond donors (Lipinski definition) is 1. The van der Waals surface area contributed by atoms with Crippen LogP contribution in [0.1, 0.15) is 31.2 Å². The predicted molar refractivity (Wildman–Crippen MR) is 88.9 cm³/mol. The molecule has 2 aliphatic rings. The molecule has 1 N–H and O–H groups in total. The van der Waals surface area contributed by atoms with Crippen molar-refractivity contribution in [1.82, 2.24) is 5.01 Å². The van der Waals surface area contributed by atoms with E-state index in [4.69, 9.17) is 16.3 Å². The summed E-state index contributed by atoms with van der Waals surface area (Å²) in [5.41, 5.74) is -2.47. The zero-order valence-electron chi connectivity index (χ0n) is 14.0. The minimum absolute atomic E-state index is 0.135. The summed E-state index contributed by atoms with van der Waals surface area (Å²) in [5.74, 6) is -1.96. The maximum absolute atomic E-state index is 13.6. The Morgan fingerprint density at radius 2 is 2.19 bits per heavy atom. The second-order valence-electron chi connectivity index (χ2n) is 6.52. The number of aryl methyl sites for hydroxylation is 1. The highest BCUT2D eigenvalue weighted by atomic mass is 35.5. The number of ether oxygens (including phenoxy) is 1. The third-order valence-electron chi connectivity index (χ3n) is 4.76. The monoisotopic (exact) mass is 390 g/mol. The fourth-order valence-corrected chi connectivity index (χ4v) is 3.67. The average Bonchev–Trinajstić information content (AvgIpc) is 2.88. The van der Waals surface area contributed by atoms with Gasteiger partial charge in [-0.2, -0.15) is 23.3 Å². The van der Waals surface area contributed by atoms with E-state index in [2.05, 4.69) is 5.10 Å². The molecule has 0 bridgehead atoms. The number of alkyl halides is 3.